The number of rotatable bonds is 12. The van der Waals surface area contributed by atoms with Crippen molar-refractivity contribution in [2.24, 2.45) is 5.92 Å². The molecule has 9 nitrogen and oxygen atoms in total. The second kappa shape index (κ2) is 16.0. The van der Waals surface area contributed by atoms with Gasteiger partial charge in [0.2, 0.25) is 5.91 Å². The first-order valence-corrected chi connectivity index (χ1v) is 15.6. The van der Waals surface area contributed by atoms with Crippen molar-refractivity contribution in [3.05, 3.63) is 82.3 Å². The highest BCUT2D eigenvalue weighted by molar-refractivity contribution is 7.92. The Labute approximate surface area is 262 Å². The quantitative estimate of drug-likeness (QED) is 0.187. The van der Waals surface area contributed by atoms with Crippen LogP contribution < -0.4 is 25.4 Å². The van der Waals surface area contributed by atoms with Gasteiger partial charge in [0.15, 0.2) is 5.75 Å². The summed E-state index contributed by atoms with van der Waals surface area (Å²) >= 11 is 12.1. The van der Waals surface area contributed by atoms with Crippen molar-refractivity contribution in [1.29, 1.82) is 0 Å². The number of halogens is 3. The third-order valence-corrected chi connectivity index (χ3v) is 8.56. The van der Waals surface area contributed by atoms with Crippen LogP contribution >= 0.6 is 35.6 Å². The Morgan fingerprint density at radius 3 is 2.36 bits per heavy atom. The van der Waals surface area contributed by atoms with Gasteiger partial charge in [-0.2, -0.15) is 0 Å². The topological polar surface area (TPSA) is 126 Å². The lowest BCUT2D eigenvalue weighted by Crippen LogP contribution is -2.37. The third-order valence-electron chi connectivity index (χ3n) is 6.65. The van der Waals surface area contributed by atoms with Gasteiger partial charge in [0.1, 0.15) is 5.75 Å². The number of ether oxygens (including phenoxy) is 1. The largest absolute Gasteiger partial charge is 0.454 e. The lowest BCUT2D eigenvalue weighted by atomic mass is 9.93. The Hall–Kier alpha value is -3.02. The molecule has 0 atom stereocenters. The summed E-state index contributed by atoms with van der Waals surface area (Å²) < 4.78 is 34.5. The van der Waals surface area contributed by atoms with E-state index < -0.39 is 15.9 Å². The monoisotopic (exact) mass is 654 g/mol. The van der Waals surface area contributed by atoms with Crippen molar-refractivity contribution in [3.63, 3.8) is 0 Å². The van der Waals surface area contributed by atoms with Gasteiger partial charge in [-0.25, -0.2) is 8.42 Å². The van der Waals surface area contributed by atoms with E-state index in [-0.39, 0.29) is 51.8 Å². The minimum Gasteiger partial charge on any atom is -0.454 e. The molecule has 1 saturated heterocycles. The normalized spacial score (nSPS) is 13.5. The number of para-hydroxylation sites is 2. The van der Waals surface area contributed by atoms with Crippen LogP contribution in [0.4, 0.5) is 5.69 Å². The van der Waals surface area contributed by atoms with Crippen LogP contribution in [0.25, 0.3) is 0 Å². The maximum atomic E-state index is 13.1. The zero-order chi connectivity index (χ0) is 29.2. The molecule has 4 N–H and O–H groups in total. The van der Waals surface area contributed by atoms with E-state index in [1.807, 2.05) is 0 Å². The highest BCUT2D eigenvalue weighted by atomic mass is 35.5. The third kappa shape index (κ3) is 9.78. The second-order valence-electron chi connectivity index (χ2n) is 9.67. The lowest BCUT2D eigenvalue weighted by Gasteiger charge is -2.22. The first-order valence-electron chi connectivity index (χ1n) is 13.3. The summed E-state index contributed by atoms with van der Waals surface area (Å²) in [6, 6.07) is 16.6. The van der Waals surface area contributed by atoms with E-state index in [4.69, 9.17) is 27.9 Å². The highest BCUT2D eigenvalue weighted by Gasteiger charge is 2.19. The highest BCUT2D eigenvalue weighted by Crippen LogP contribution is 2.35. The molecule has 0 spiro atoms. The molecule has 0 aliphatic carbocycles. The van der Waals surface area contributed by atoms with Gasteiger partial charge < -0.3 is 20.7 Å². The predicted molar refractivity (Wildman–Crippen MR) is 168 cm³/mol. The number of amides is 2. The van der Waals surface area contributed by atoms with Gasteiger partial charge in [0.25, 0.3) is 15.9 Å². The van der Waals surface area contributed by atoms with E-state index in [9.17, 15) is 18.0 Å². The Bertz CT molecular complexity index is 1470. The molecule has 3 aromatic rings. The van der Waals surface area contributed by atoms with Crippen molar-refractivity contribution in [3.8, 4) is 11.5 Å². The maximum Gasteiger partial charge on any atom is 0.262 e. The molecule has 0 bridgehead atoms. The SMILES string of the molecule is Cl.O=C(CNC(=O)c1ccc(S(=O)(=O)Nc2ccccc2Oc2ccc(Cl)cc2Cl)cc1)NCCCC1CCNCC1. The number of hydrogen-bond acceptors (Lipinski definition) is 6. The van der Waals surface area contributed by atoms with Crippen LogP contribution in [-0.2, 0) is 14.8 Å². The zero-order valence-electron chi connectivity index (χ0n) is 22.7. The average molecular weight is 656 g/mol. The molecule has 3 aromatic carbocycles. The van der Waals surface area contributed by atoms with E-state index in [2.05, 4.69) is 20.7 Å². The summed E-state index contributed by atoms with van der Waals surface area (Å²) in [5.74, 6) is 0.495. The number of nitrogens with one attached hydrogen (secondary N) is 4. The molecule has 1 aliphatic rings. The molecular formula is C29H33Cl3N4O5S. The molecule has 42 heavy (non-hydrogen) atoms. The Morgan fingerprint density at radius 1 is 0.929 bits per heavy atom. The van der Waals surface area contributed by atoms with Crippen molar-refractivity contribution in [2.45, 2.75) is 30.6 Å². The van der Waals surface area contributed by atoms with Gasteiger partial charge >= 0.3 is 0 Å². The first-order chi connectivity index (χ1) is 19.7. The van der Waals surface area contributed by atoms with E-state index in [1.165, 1.54) is 43.2 Å². The van der Waals surface area contributed by atoms with Crippen molar-refractivity contribution < 1.29 is 22.7 Å². The number of hydrogen-bond donors (Lipinski definition) is 4. The summed E-state index contributed by atoms with van der Waals surface area (Å²) in [7, 11) is -4.02. The molecule has 1 heterocycles. The van der Waals surface area contributed by atoms with Gasteiger partial charge in [0.05, 0.1) is 22.2 Å². The first kappa shape index (κ1) is 33.5. The molecule has 0 unspecified atom stereocenters. The molecular weight excluding hydrogens is 623 g/mol. The number of carbonyl (C=O) groups excluding carboxylic acids is 2. The summed E-state index contributed by atoms with van der Waals surface area (Å²) in [4.78, 5) is 24.6. The Balaban J connectivity index is 0.00000484. The van der Waals surface area contributed by atoms with Crippen molar-refractivity contribution in [2.75, 3.05) is 30.9 Å². The van der Waals surface area contributed by atoms with Crippen LogP contribution in [0.1, 0.15) is 36.0 Å². The Morgan fingerprint density at radius 2 is 1.64 bits per heavy atom. The molecule has 2 amide bonds. The molecule has 0 aromatic heterocycles. The summed E-state index contributed by atoms with van der Waals surface area (Å²) in [5, 5.41) is 9.45. The molecule has 0 radical (unpaired) electrons. The summed E-state index contributed by atoms with van der Waals surface area (Å²) in [5.41, 5.74) is 0.422. The van der Waals surface area contributed by atoms with Crippen molar-refractivity contribution >= 4 is 63.1 Å². The molecule has 1 fully saturated rings. The van der Waals surface area contributed by atoms with Gasteiger partial charge in [-0.15, -0.1) is 12.4 Å². The Kier molecular flexibility index (Phi) is 12.8. The van der Waals surface area contributed by atoms with Gasteiger partial charge in [-0.1, -0.05) is 35.3 Å². The average Bonchev–Trinajstić information content (AvgIpc) is 2.97. The molecule has 4 rings (SSSR count). The van der Waals surface area contributed by atoms with Crippen LogP contribution in [-0.4, -0.2) is 46.4 Å². The molecule has 13 heteroatoms. The fourth-order valence-electron chi connectivity index (χ4n) is 4.42. The number of sulfonamides is 1. The molecule has 226 valence electrons. The lowest BCUT2D eigenvalue weighted by molar-refractivity contribution is -0.120. The molecule has 0 saturated carbocycles. The van der Waals surface area contributed by atoms with Crippen LogP contribution in [0.3, 0.4) is 0 Å². The number of carbonyl (C=O) groups is 2. The van der Waals surface area contributed by atoms with Gasteiger partial charge in [-0.05, 0) is 99.3 Å². The minimum atomic E-state index is -4.02. The van der Waals surface area contributed by atoms with E-state index >= 15 is 0 Å². The van der Waals surface area contributed by atoms with Crippen LogP contribution in [0, 0.1) is 5.92 Å². The van der Waals surface area contributed by atoms with Crippen LogP contribution in [0.5, 0.6) is 11.5 Å². The summed E-state index contributed by atoms with van der Waals surface area (Å²) in [6.07, 6.45) is 4.32. The smallest absolute Gasteiger partial charge is 0.262 e. The van der Waals surface area contributed by atoms with Crippen molar-refractivity contribution in [1.82, 2.24) is 16.0 Å². The van der Waals surface area contributed by atoms with Gasteiger partial charge in [-0.3, -0.25) is 14.3 Å². The van der Waals surface area contributed by atoms with E-state index in [0.29, 0.717) is 23.2 Å². The number of piperidine rings is 1. The van der Waals surface area contributed by atoms with Gasteiger partial charge in [0, 0.05) is 17.1 Å². The fraction of sp³-hybridized carbons (Fsp3) is 0.310. The van der Waals surface area contributed by atoms with Crippen LogP contribution in [0.2, 0.25) is 10.0 Å². The molecule has 1 aliphatic heterocycles. The predicted octanol–water partition coefficient (Wildman–Crippen LogP) is 5.63. The standard InChI is InChI=1S/C29H32Cl2N4O5S.ClH/c30-22-9-12-26(24(31)18-22)40-27-6-2-1-5-25(27)35-41(38,39)23-10-7-21(8-11-23)29(37)34-19-28(36)33-15-3-4-20-13-16-32-17-14-20;/h1-2,5-12,18,20,32,35H,3-4,13-17,19H2,(H,33,36)(H,34,37);1H. The number of anilines is 1. The fourth-order valence-corrected chi connectivity index (χ4v) is 5.94. The van der Waals surface area contributed by atoms with E-state index in [0.717, 1.165) is 25.9 Å². The van der Waals surface area contributed by atoms with Crippen LogP contribution in [0.15, 0.2) is 71.6 Å². The number of benzene rings is 3. The second-order valence-corrected chi connectivity index (χ2v) is 12.2. The zero-order valence-corrected chi connectivity index (χ0v) is 25.8. The maximum absolute atomic E-state index is 13.1. The van der Waals surface area contributed by atoms with E-state index in [1.54, 1.807) is 36.4 Å². The summed E-state index contributed by atoms with van der Waals surface area (Å²) in [6.45, 7) is 2.51. The minimum absolute atomic E-state index is 0.